The zero-order valence-corrected chi connectivity index (χ0v) is 12.8. The molecule has 22 heavy (non-hydrogen) atoms. The number of para-hydroxylation sites is 1. The highest BCUT2D eigenvalue weighted by Crippen LogP contribution is 2.35. The van der Waals surface area contributed by atoms with Gasteiger partial charge in [-0.3, -0.25) is 0 Å². The third kappa shape index (κ3) is 2.14. The van der Waals surface area contributed by atoms with E-state index in [9.17, 15) is 0 Å². The lowest BCUT2D eigenvalue weighted by Gasteiger charge is -2.07. The molecule has 1 aromatic carbocycles. The van der Waals surface area contributed by atoms with Crippen LogP contribution in [0.1, 0.15) is 16.8 Å². The predicted octanol–water partition coefficient (Wildman–Crippen LogP) is 4.39. The summed E-state index contributed by atoms with van der Waals surface area (Å²) in [6.45, 7) is 0. The summed E-state index contributed by atoms with van der Waals surface area (Å²) in [7, 11) is 1.62. The summed E-state index contributed by atoms with van der Waals surface area (Å²) in [5, 5.41) is 1.62. The Morgan fingerprint density at radius 1 is 1.09 bits per heavy atom. The van der Waals surface area contributed by atoms with Gasteiger partial charge in [-0.1, -0.05) is 35.9 Å². The van der Waals surface area contributed by atoms with Gasteiger partial charge in [-0.2, -0.15) is 0 Å². The van der Waals surface area contributed by atoms with Crippen LogP contribution in [0.2, 0.25) is 5.15 Å². The van der Waals surface area contributed by atoms with E-state index in [4.69, 9.17) is 16.3 Å². The molecule has 4 heteroatoms. The Labute approximate surface area is 133 Å². The monoisotopic (exact) mass is 308 g/mol. The molecule has 0 saturated carbocycles. The normalized spacial score (nSPS) is 13.1. The molecule has 0 fully saturated rings. The largest absolute Gasteiger partial charge is 0.481 e. The van der Waals surface area contributed by atoms with E-state index in [1.807, 2.05) is 36.4 Å². The van der Waals surface area contributed by atoms with Gasteiger partial charge in [0.25, 0.3) is 0 Å². The molecule has 0 bridgehead atoms. The number of pyridine rings is 2. The number of halogens is 1. The van der Waals surface area contributed by atoms with Crippen molar-refractivity contribution in [1.82, 2.24) is 9.97 Å². The van der Waals surface area contributed by atoms with Crippen LogP contribution in [0.4, 0.5) is 0 Å². The molecule has 0 unspecified atom stereocenters. The van der Waals surface area contributed by atoms with E-state index in [1.165, 1.54) is 5.56 Å². The second kappa shape index (κ2) is 5.11. The molecule has 2 heterocycles. The van der Waals surface area contributed by atoms with Gasteiger partial charge < -0.3 is 4.74 Å². The zero-order chi connectivity index (χ0) is 15.1. The first-order valence-corrected chi connectivity index (χ1v) is 7.42. The standard InChI is InChI=1S/C18H13ClN2O/c1-22-17-7-6-12-8-13(10-16(12)20-17)14-9-11-4-2-3-5-15(11)21-18(14)19/h2-7,9-10H,8H2,1H3. The quantitative estimate of drug-likeness (QED) is 0.659. The molecule has 0 spiro atoms. The van der Waals surface area contributed by atoms with Crippen molar-refractivity contribution in [2.45, 2.75) is 6.42 Å². The Balaban J connectivity index is 1.81. The number of rotatable bonds is 2. The average molecular weight is 309 g/mol. The highest BCUT2D eigenvalue weighted by atomic mass is 35.5. The van der Waals surface area contributed by atoms with Crippen LogP contribution >= 0.6 is 11.6 Å². The van der Waals surface area contributed by atoms with Crippen LogP contribution in [-0.4, -0.2) is 17.1 Å². The summed E-state index contributed by atoms with van der Waals surface area (Å²) in [6, 6.07) is 14.0. The van der Waals surface area contributed by atoms with E-state index in [-0.39, 0.29) is 0 Å². The molecule has 1 aliphatic rings. The van der Waals surface area contributed by atoms with Gasteiger partial charge in [-0.15, -0.1) is 0 Å². The molecule has 3 nitrogen and oxygen atoms in total. The van der Waals surface area contributed by atoms with Crippen molar-refractivity contribution in [3.8, 4) is 5.88 Å². The maximum atomic E-state index is 6.39. The topological polar surface area (TPSA) is 35.0 Å². The summed E-state index contributed by atoms with van der Waals surface area (Å²) in [6.07, 6.45) is 2.88. The van der Waals surface area contributed by atoms with Gasteiger partial charge in [0.05, 0.1) is 18.3 Å². The SMILES string of the molecule is COc1ccc2c(n1)C=C(c1cc3ccccc3nc1Cl)C2. The maximum Gasteiger partial charge on any atom is 0.213 e. The van der Waals surface area contributed by atoms with Crippen molar-refractivity contribution >= 4 is 34.2 Å². The Hall–Kier alpha value is -2.39. The first kappa shape index (κ1) is 13.3. The van der Waals surface area contributed by atoms with Crippen molar-refractivity contribution in [2.75, 3.05) is 7.11 Å². The lowest BCUT2D eigenvalue weighted by molar-refractivity contribution is 0.397. The van der Waals surface area contributed by atoms with Gasteiger partial charge >= 0.3 is 0 Å². The van der Waals surface area contributed by atoms with Crippen molar-refractivity contribution in [3.63, 3.8) is 0 Å². The van der Waals surface area contributed by atoms with Gasteiger partial charge in [0.2, 0.25) is 5.88 Å². The maximum absolute atomic E-state index is 6.39. The fraction of sp³-hybridized carbons (Fsp3) is 0.111. The fourth-order valence-corrected chi connectivity index (χ4v) is 3.05. The van der Waals surface area contributed by atoms with E-state index < -0.39 is 0 Å². The summed E-state index contributed by atoms with van der Waals surface area (Å²) in [5.41, 5.74) is 5.14. The summed E-state index contributed by atoms with van der Waals surface area (Å²) in [4.78, 5) is 8.97. The molecule has 0 saturated heterocycles. The Bertz CT molecular complexity index is 918. The van der Waals surface area contributed by atoms with Crippen molar-refractivity contribution in [2.24, 2.45) is 0 Å². The number of methoxy groups -OCH3 is 1. The van der Waals surface area contributed by atoms with Gasteiger partial charge in [0, 0.05) is 23.4 Å². The Morgan fingerprint density at radius 2 is 1.95 bits per heavy atom. The molecular formula is C18H13ClN2O. The van der Waals surface area contributed by atoms with E-state index in [0.717, 1.165) is 34.2 Å². The van der Waals surface area contributed by atoms with Crippen molar-refractivity contribution in [1.29, 1.82) is 0 Å². The van der Waals surface area contributed by atoms with E-state index in [1.54, 1.807) is 7.11 Å². The van der Waals surface area contributed by atoms with E-state index in [2.05, 4.69) is 22.1 Å². The molecule has 1 aliphatic carbocycles. The number of hydrogen-bond acceptors (Lipinski definition) is 3. The molecule has 4 rings (SSSR count). The van der Waals surface area contributed by atoms with Crippen LogP contribution in [0.15, 0.2) is 42.5 Å². The van der Waals surface area contributed by atoms with Crippen molar-refractivity contribution < 1.29 is 4.74 Å². The molecule has 2 aromatic heterocycles. The van der Waals surface area contributed by atoms with Crippen LogP contribution in [-0.2, 0) is 6.42 Å². The second-order valence-corrected chi connectivity index (χ2v) is 5.62. The smallest absolute Gasteiger partial charge is 0.213 e. The number of ether oxygens (including phenoxy) is 1. The third-order valence-corrected chi connectivity index (χ3v) is 4.20. The third-order valence-electron chi connectivity index (χ3n) is 3.91. The molecular weight excluding hydrogens is 296 g/mol. The summed E-state index contributed by atoms with van der Waals surface area (Å²) in [5.74, 6) is 0.624. The first-order valence-electron chi connectivity index (χ1n) is 7.05. The lowest BCUT2D eigenvalue weighted by atomic mass is 10.0. The molecule has 0 radical (unpaired) electrons. The first-order chi connectivity index (χ1) is 10.7. The second-order valence-electron chi connectivity index (χ2n) is 5.26. The van der Waals surface area contributed by atoms with Crippen LogP contribution in [0.5, 0.6) is 5.88 Å². The molecule has 0 aliphatic heterocycles. The fourth-order valence-electron chi connectivity index (χ4n) is 2.79. The molecule has 0 N–H and O–H groups in total. The number of allylic oxidation sites excluding steroid dienone is 1. The lowest BCUT2D eigenvalue weighted by Crippen LogP contribution is -1.92. The number of nitrogens with zero attached hydrogens (tertiary/aromatic N) is 2. The van der Waals surface area contributed by atoms with Crippen molar-refractivity contribution in [3.05, 3.63) is 64.4 Å². The molecule has 108 valence electrons. The number of hydrogen-bond donors (Lipinski definition) is 0. The molecule has 0 atom stereocenters. The highest BCUT2D eigenvalue weighted by molar-refractivity contribution is 6.32. The predicted molar refractivity (Wildman–Crippen MR) is 89.1 cm³/mol. The minimum atomic E-state index is 0.532. The minimum Gasteiger partial charge on any atom is -0.481 e. The molecule has 3 aromatic rings. The average Bonchev–Trinajstić information content (AvgIpc) is 2.96. The van der Waals surface area contributed by atoms with E-state index >= 15 is 0 Å². The van der Waals surface area contributed by atoms with Gasteiger partial charge in [0.15, 0.2) is 0 Å². The number of benzene rings is 1. The van der Waals surface area contributed by atoms with Crippen LogP contribution in [0.3, 0.4) is 0 Å². The van der Waals surface area contributed by atoms with E-state index in [0.29, 0.717) is 11.0 Å². The summed E-state index contributed by atoms with van der Waals surface area (Å²) < 4.78 is 5.18. The van der Waals surface area contributed by atoms with Gasteiger partial charge in [0.1, 0.15) is 5.15 Å². The zero-order valence-electron chi connectivity index (χ0n) is 12.0. The number of fused-ring (bicyclic) bond motifs is 2. The van der Waals surface area contributed by atoms with Gasteiger partial charge in [-0.05, 0) is 29.3 Å². The van der Waals surface area contributed by atoms with Crippen LogP contribution in [0.25, 0.3) is 22.6 Å². The Morgan fingerprint density at radius 3 is 2.82 bits per heavy atom. The summed E-state index contributed by atoms with van der Waals surface area (Å²) >= 11 is 6.39. The number of aromatic nitrogens is 2. The van der Waals surface area contributed by atoms with Gasteiger partial charge in [-0.25, -0.2) is 9.97 Å². The van der Waals surface area contributed by atoms with Crippen LogP contribution in [0, 0.1) is 0 Å². The minimum absolute atomic E-state index is 0.532. The highest BCUT2D eigenvalue weighted by Gasteiger charge is 2.19. The van der Waals surface area contributed by atoms with Crippen LogP contribution < -0.4 is 4.74 Å². The molecule has 0 amide bonds. The Kier molecular flexibility index (Phi) is 3.09.